The van der Waals surface area contributed by atoms with Crippen LogP contribution in [0.3, 0.4) is 0 Å². The van der Waals surface area contributed by atoms with Crippen LogP contribution in [-0.2, 0) is 9.53 Å². The van der Waals surface area contributed by atoms with Gasteiger partial charge in [-0.05, 0) is 25.2 Å². The first-order chi connectivity index (χ1) is 5.71. The van der Waals surface area contributed by atoms with Crippen molar-refractivity contribution >= 4 is 28.6 Å². The molecule has 2 saturated carbocycles. The molecule has 2 aliphatic carbocycles. The normalized spacial score (nSPS) is 55.8. The Balaban J connectivity index is 2.03. The molecule has 3 rings (SSSR count). The zero-order valence-electron chi connectivity index (χ0n) is 6.75. The summed E-state index contributed by atoms with van der Waals surface area (Å²) < 4.78 is 5.40. The average molecular weight is 278 g/mol. The maximum Gasteiger partial charge on any atom is 0.310 e. The number of esters is 1. The van der Waals surface area contributed by atoms with Crippen LogP contribution in [0.5, 0.6) is 0 Å². The molecule has 1 aliphatic heterocycles. The van der Waals surface area contributed by atoms with Crippen LogP contribution in [-0.4, -0.2) is 16.0 Å². The minimum Gasteiger partial charge on any atom is -0.465 e. The topological polar surface area (TPSA) is 26.3 Å². The van der Waals surface area contributed by atoms with Gasteiger partial charge in [0.1, 0.15) is 0 Å². The largest absolute Gasteiger partial charge is 0.465 e. The van der Waals surface area contributed by atoms with Gasteiger partial charge < -0.3 is 4.74 Å². The predicted octanol–water partition coefficient (Wildman–Crippen LogP) is 1.76. The highest BCUT2D eigenvalue weighted by atomic mass is 127. The minimum atomic E-state index is 0.0802. The molecule has 2 nitrogen and oxygen atoms in total. The summed E-state index contributed by atoms with van der Waals surface area (Å²) in [6.07, 6.45) is 3.81. The summed E-state index contributed by atoms with van der Waals surface area (Å²) in [4.78, 5) is 11.4. The fourth-order valence-electron chi connectivity index (χ4n) is 3.26. The number of cyclic esters (lactones) is 1. The van der Waals surface area contributed by atoms with Crippen molar-refractivity contribution in [3.8, 4) is 0 Å². The van der Waals surface area contributed by atoms with Crippen molar-refractivity contribution in [1.82, 2.24) is 0 Å². The zero-order valence-corrected chi connectivity index (χ0v) is 8.91. The minimum absolute atomic E-state index is 0.0802. The van der Waals surface area contributed by atoms with E-state index in [9.17, 15) is 4.79 Å². The fraction of sp³-hybridized carbons (Fsp3) is 0.889. The number of hydrogen-bond acceptors (Lipinski definition) is 2. The van der Waals surface area contributed by atoms with Crippen molar-refractivity contribution in [3.63, 3.8) is 0 Å². The van der Waals surface area contributed by atoms with Crippen LogP contribution >= 0.6 is 22.6 Å². The molecule has 1 saturated heterocycles. The second-order valence-corrected chi connectivity index (χ2v) is 6.46. The van der Waals surface area contributed by atoms with Gasteiger partial charge in [0, 0.05) is 9.34 Å². The van der Waals surface area contributed by atoms with Gasteiger partial charge in [0.05, 0.1) is 12.5 Å². The Morgan fingerprint density at radius 3 is 3.17 bits per heavy atom. The van der Waals surface area contributed by atoms with Gasteiger partial charge in [0.15, 0.2) is 0 Å². The van der Waals surface area contributed by atoms with E-state index in [1.54, 1.807) is 0 Å². The SMILES string of the molecule is O=C1OCC2C3CCC(I)(C3)C12. The van der Waals surface area contributed by atoms with Crippen molar-refractivity contribution in [2.45, 2.75) is 22.7 Å². The fourth-order valence-corrected chi connectivity index (χ4v) is 4.85. The third kappa shape index (κ3) is 0.738. The molecule has 1 heterocycles. The Hall–Kier alpha value is 0.200. The van der Waals surface area contributed by atoms with Crippen molar-refractivity contribution in [2.75, 3.05) is 6.61 Å². The molecular weight excluding hydrogens is 267 g/mol. The Kier molecular flexibility index (Phi) is 1.37. The van der Waals surface area contributed by atoms with Gasteiger partial charge >= 0.3 is 5.97 Å². The summed E-state index contributed by atoms with van der Waals surface area (Å²) in [5.74, 6) is 1.69. The van der Waals surface area contributed by atoms with Gasteiger partial charge in [-0.1, -0.05) is 22.6 Å². The molecule has 4 atom stereocenters. The van der Waals surface area contributed by atoms with Crippen molar-refractivity contribution in [3.05, 3.63) is 0 Å². The quantitative estimate of drug-likeness (QED) is 0.383. The maximum absolute atomic E-state index is 11.4. The lowest BCUT2D eigenvalue weighted by Gasteiger charge is -2.26. The Morgan fingerprint density at radius 2 is 2.42 bits per heavy atom. The van der Waals surface area contributed by atoms with Crippen LogP contribution in [0, 0.1) is 17.8 Å². The van der Waals surface area contributed by atoms with E-state index < -0.39 is 0 Å². The average Bonchev–Trinajstić information content (AvgIpc) is 2.61. The van der Waals surface area contributed by atoms with Gasteiger partial charge in [-0.15, -0.1) is 0 Å². The molecule has 2 bridgehead atoms. The molecule has 0 aromatic heterocycles. The second kappa shape index (κ2) is 2.16. The summed E-state index contributed by atoms with van der Waals surface area (Å²) in [6, 6.07) is 0. The van der Waals surface area contributed by atoms with Crippen LogP contribution in [0.25, 0.3) is 0 Å². The molecule has 3 heteroatoms. The number of carbonyl (C=O) groups excluding carboxylic acids is 1. The molecule has 4 unspecified atom stereocenters. The van der Waals surface area contributed by atoms with Crippen LogP contribution in [0.1, 0.15) is 19.3 Å². The first-order valence-corrected chi connectivity index (χ1v) is 5.64. The number of carbonyl (C=O) groups is 1. The van der Waals surface area contributed by atoms with Gasteiger partial charge in [0.2, 0.25) is 0 Å². The predicted molar refractivity (Wildman–Crippen MR) is 52.0 cm³/mol. The zero-order chi connectivity index (χ0) is 8.34. The maximum atomic E-state index is 11.4. The Morgan fingerprint density at radius 1 is 1.58 bits per heavy atom. The monoisotopic (exact) mass is 278 g/mol. The summed E-state index contributed by atoms with van der Waals surface area (Å²) in [7, 11) is 0. The first-order valence-electron chi connectivity index (χ1n) is 4.56. The summed E-state index contributed by atoms with van der Waals surface area (Å²) in [5.41, 5.74) is 0. The lowest BCUT2D eigenvalue weighted by molar-refractivity contribution is -0.141. The van der Waals surface area contributed by atoms with Gasteiger partial charge in [-0.25, -0.2) is 0 Å². The van der Waals surface area contributed by atoms with Crippen molar-refractivity contribution < 1.29 is 9.53 Å². The summed E-state index contributed by atoms with van der Waals surface area (Å²) >= 11 is 2.50. The standard InChI is InChI=1S/C9H11IO2/c10-9-2-1-5(3-9)6-4-12-8(11)7(6)9/h5-7H,1-4H2. The van der Waals surface area contributed by atoms with Crippen molar-refractivity contribution in [1.29, 1.82) is 0 Å². The molecule has 0 amide bonds. The van der Waals surface area contributed by atoms with E-state index in [1.165, 1.54) is 19.3 Å². The van der Waals surface area contributed by atoms with Crippen LogP contribution in [0.15, 0.2) is 0 Å². The lowest BCUT2D eigenvalue weighted by atomic mass is 9.81. The molecule has 0 spiro atoms. The highest BCUT2D eigenvalue weighted by Crippen LogP contribution is 2.61. The van der Waals surface area contributed by atoms with Gasteiger partial charge in [-0.2, -0.15) is 0 Å². The molecule has 0 radical (unpaired) electrons. The van der Waals surface area contributed by atoms with E-state index in [0.29, 0.717) is 12.5 Å². The number of rotatable bonds is 0. The van der Waals surface area contributed by atoms with E-state index in [4.69, 9.17) is 4.74 Å². The highest BCUT2D eigenvalue weighted by molar-refractivity contribution is 14.1. The molecule has 12 heavy (non-hydrogen) atoms. The van der Waals surface area contributed by atoms with E-state index in [0.717, 1.165) is 5.92 Å². The van der Waals surface area contributed by atoms with E-state index >= 15 is 0 Å². The van der Waals surface area contributed by atoms with Crippen molar-refractivity contribution in [2.24, 2.45) is 17.8 Å². The number of fused-ring (bicyclic) bond motifs is 5. The number of hydrogen-bond donors (Lipinski definition) is 0. The molecule has 0 aromatic carbocycles. The molecule has 3 aliphatic rings. The lowest BCUT2D eigenvalue weighted by Crippen LogP contribution is -2.33. The third-order valence-corrected chi connectivity index (χ3v) is 5.45. The highest BCUT2D eigenvalue weighted by Gasteiger charge is 2.62. The Bertz CT molecular complexity index is 253. The van der Waals surface area contributed by atoms with Crippen LogP contribution in [0.2, 0.25) is 0 Å². The number of ether oxygens (including phenoxy) is 1. The third-order valence-electron chi connectivity index (χ3n) is 3.80. The summed E-state index contributed by atoms with van der Waals surface area (Å²) in [6.45, 7) is 0.707. The van der Waals surface area contributed by atoms with E-state index in [2.05, 4.69) is 22.6 Å². The summed E-state index contributed by atoms with van der Waals surface area (Å²) in [5, 5.41) is 0. The smallest absolute Gasteiger partial charge is 0.310 e. The molecule has 0 aromatic rings. The molecule has 3 fully saturated rings. The number of halogens is 1. The molecular formula is C9H11IO2. The van der Waals surface area contributed by atoms with E-state index in [-0.39, 0.29) is 15.3 Å². The Labute approximate surface area is 85.2 Å². The first kappa shape index (κ1) is 7.59. The van der Waals surface area contributed by atoms with Gasteiger partial charge in [0.25, 0.3) is 0 Å². The van der Waals surface area contributed by atoms with Crippen LogP contribution in [0.4, 0.5) is 0 Å². The molecule has 66 valence electrons. The van der Waals surface area contributed by atoms with Gasteiger partial charge in [-0.3, -0.25) is 4.79 Å². The number of alkyl halides is 1. The van der Waals surface area contributed by atoms with E-state index in [1.807, 2.05) is 0 Å². The molecule has 0 N–H and O–H groups in total. The second-order valence-electron chi connectivity index (χ2n) is 4.31. The van der Waals surface area contributed by atoms with Crippen LogP contribution < -0.4 is 0 Å².